The summed E-state index contributed by atoms with van der Waals surface area (Å²) < 4.78 is 4.38. The standard InChI is InChI=1S/C14H12N2O2.C8H8O3.CH4O.Mn/c17-13-9-5-4-8-12(13)10-15-16-14(18)11-6-2-1-3-7-11;1-11-8(10)6-4-2-3-5-7(6)9;1-2;/h1-10,17H,(H,16,18);2-5,9H,1H3;2H,1H3;/q;;;+3/p-3/b15-10+;;;. The average Bonchev–Trinajstić information content (AvgIpc) is 2.82. The number of hydrogen-bond acceptors (Lipinski definition) is 8. The minimum atomic E-state index is -0.587. The number of hydrogen-bond donors (Lipinski definition) is 1. The van der Waals surface area contributed by atoms with Gasteiger partial charge < -0.3 is 25.2 Å². The van der Waals surface area contributed by atoms with Crippen molar-refractivity contribution >= 4 is 18.1 Å². The molecule has 8 nitrogen and oxygen atoms in total. The van der Waals surface area contributed by atoms with Crippen LogP contribution in [0.25, 0.3) is 0 Å². The molecule has 0 heterocycles. The molecule has 0 radical (unpaired) electrons. The molecule has 32 heavy (non-hydrogen) atoms. The largest absolute Gasteiger partial charge is 3.00 e. The first-order valence-corrected chi connectivity index (χ1v) is 8.91. The van der Waals surface area contributed by atoms with Crippen molar-refractivity contribution in [2.45, 2.75) is 0 Å². The van der Waals surface area contributed by atoms with Crippen molar-refractivity contribution in [3.8, 4) is 11.5 Å². The topological polar surface area (TPSA) is 140 Å². The number of aliphatic hydroxyl groups excluding tert-OH is 1. The zero-order chi connectivity index (χ0) is 23.1. The summed E-state index contributed by atoms with van der Waals surface area (Å²) in [5, 5.41) is 48.0. The maximum Gasteiger partial charge on any atom is 3.00 e. The average molecular weight is 476 g/mol. The molecule has 1 N–H and O–H groups in total. The van der Waals surface area contributed by atoms with Gasteiger partial charge in [-0.1, -0.05) is 84.3 Å². The monoisotopic (exact) mass is 476 g/mol. The van der Waals surface area contributed by atoms with Crippen LogP contribution in [0.5, 0.6) is 11.5 Å². The summed E-state index contributed by atoms with van der Waals surface area (Å²) >= 11 is 0. The van der Waals surface area contributed by atoms with Gasteiger partial charge in [0.25, 0.3) is 0 Å². The molecular formula is C23H21MnN2O6. The summed E-state index contributed by atoms with van der Waals surface area (Å²) in [7, 11) is 2.24. The van der Waals surface area contributed by atoms with E-state index >= 15 is 0 Å². The van der Waals surface area contributed by atoms with Crippen molar-refractivity contribution in [1.29, 1.82) is 0 Å². The van der Waals surface area contributed by atoms with Gasteiger partial charge in [-0.15, -0.1) is 0 Å². The van der Waals surface area contributed by atoms with Crippen molar-refractivity contribution in [1.82, 2.24) is 0 Å². The van der Waals surface area contributed by atoms with Crippen LogP contribution in [0.3, 0.4) is 0 Å². The third-order valence-corrected chi connectivity index (χ3v) is 3.58. The number of ether oxygens (including phenoxy) is 1. The van der Waals surface area contributed by atoms with Crippen LogP contribution in [0.1, 0.15) is 21.5 Å². The van der Waals surface area contributed by atoms with Crippen molar-refractivity contribution in [3.63, 3.8) is 0 Å². The van der Waals surface area contributed by atoms with Gasteiger partial charge in [0, 0.05) is 13.0 Å². The minimum absolute atomic E-state index is 0. The first kappa shape index (κ1) is 28.3. The first-order chi connectivity index (χ1) is 15.0. The molecule has 3 aromatic carbocycles. The van der Waals surface area contributed by atoms with Crippen LogP contribution in [0.4, 0.5) is 0 Å². The number of rotatable bonds is 4. The van der Waals surface area contributed by atoms with E-state index < -0.39 is 11.9 Å². The zero-order valence-corrected chi connectivity index (χ0v) is 18.5. The Bertz CT molecular complexity index is 1010. The second-order valence-corrected chi connectivity index (χ2v) is 5.54. The van der Waals surface area contributed by atoms with E-state index in [2.05, 4.69) is 14.9 Å². The summed E-state index contributed by atoms with van der Waals surface area (Å²) in [6.45, 7) is 0. The van der Waals surface area contributed by atoms with Gasteiger partial charge in [0.05, 0.1) is 18.9 Å². The van der Waals surface area contributed by atoms with E-state index in [-0.39, 0.29) is 34.1 Å². The Morgan fingerprint density at radius 3 is 1.97 bits per heavy atom. The molecule has 0 aliphatic rings. The van der Waals surface area contributed by atoms with Gasteiger partial charge in [-0.05, 0) is 17.2 Å². The number of aliphatic hydroxyl groups is 1. The predicted molar refractivity (Wildman–Crippen MR) is 112 cm³/mol. The number of nitrogens with zero attached hydrogens (tertiary/aromatic N) is 2. The Kier molecular flexibility index (Phi) is 14.3. The number of methoxy groups -OCH3 is 1. The molecule has 0 fully saturated rings. The number of carbonyl (C=O) groups excluding carboxylic acids is 1. The second kappa shape index (κ2) is 16.1. The summed E-state index contributed by atoms with van der Waals surface area (Å²) in [6, 6.07) is 21.0. The van der Waals surface area contributed by atoms with Gasteiger partial charge in [0.1, 0.15) is 0 Å². The summed E-state index contributed by atoms with van der Waals surface area (Å²) in [6.07, 6.45) is 1.28. The SMILES string of the molecule is CO.COC(=O)c1ccccc1[O-].[Mn+3].[O-]/C(=N\N=C\c1ccccc1[O-])c1ccccc1. The minimum Gasteiger partial charge on any atom is -0.872 e. The van der Waals surface area contributed by atoms with E-state index in [1.165, 1.54) is 31.5 Å². The Hall–Kier alpha value is -3.65. The molecule has 0 amide bonds. The third kappa shape index (κ3) is 9.44. The normalized spacial score (nSPS) is 10.0. The molecule has 0 spiro atoms. The van der Waals surface area contributed by atoms with E-state index in [9.17, 15) is 20.1 Å². The van der Waals surface area contributed by atoms with Crippen LogP contribution in [0.2, 0.25) is 0 Å². The molecule has 166 valence electrons. The molecule has 3 aromatic rings. The predicted octanol–water partition coefficient (Wildman–Crippen LogP) is 1.05. The van der Waals surface area contributed by atoms with Gasteiger partial charge in [0.15, 0.2) is 0 Å². The number of carbonyl (C=O) groups is 1. The van der Waals surface area contributed by atoms with Crippen molar-refractivity contribution in [2.24, 2.45) is 10.2 Å². The van der Waals surface area contributed by atoms with Gasteiger partial charge in [-0.2, -0.15) is 10.2 Å². The summed E-state index contributed by atoms with van der Waals surface area (Å²) in [5.41, 5.74) is 0.946. The first-order valence-electron chi connectivity index (χ1n) is 8.91. The molecule has 0 unspecified atom stereocenters. The Morgan fingerprint density at radius 2 is 1.41 bits per heavy atom. The number of para-hydroxylation sites is 2. The molecule has 3 rings (SSSR count). The van der Waals surface area contributed by atoms with Gasteiger partial charge in [0.2, 0.25) is 0 Å². The molecular weight excluding hydrogens is 455 g/mol. The molecule has 0 aromatic heterocycles. The number of benzene rings is 3. The van der Waals surface area contributed by atoms with Gasteiger partial charge >= 0.3 is 23.0 Å². The second-order valence-electron chi connectivity index (χ2n) is 5.54. The molecule has 0 aliphatic heterocycles. The van der Waals surface area contributed by atoms with E-state index in [0.717, 1.165) is 7.11 Å². The fourth-order valence-electron chi connectivity index (χ4n) is 2.11. The maximum atomic E-state index is 11.6. The number of esters is 1. The van der Waals surface area contributed by atoms with Crippen LogP contribution in [0, 0.1) is 0 Å². The molecule has 0 saturated carbocycles. The quantitative estimate of drug-likeness (QED) is 0.196. The van der Waals surface area contributed by atoms with E-state index in [4.69, 9.17) is 5.11 Å². The van der Waals surface area contributed by atoms with Gasteiger partial charge in [-0.25, -0.2) is 4.79 Å². The van der Waals surface area contributed by atoms with Crippen molar-refractivity contribution in [2.75, 3.05) is 14.2 Å². The summed E-state index contributed by atoms with van der Waals surface area (Å²) in [4.78, 5) is 10.8. The van der Waals surface area contributed by atoms with Crippen LogP contribution < -0.4 is 15.3 Å². The van der Waals surface area contributed by atoms with Crippen LogP contribution in [0.15, 0.2) is 89.1 Å². The van der Waals surface area contributed by atoms with E-state index in [0.29, 0.717) is 11.1 Å². The maximum absolute atomic E-state index is 11.6. The smallest absolute Gasteiger partial charge is 0.872 e. The van der Waals surface area contributed by atoms with Gasteiger partial charge in [-0.3, -0.25) is 0 Å². The molecule has 0 atom stereocenters. The molecule has 0 aliphatic carbocycles. The fraction of sp³-hybridized carbons (Fsp3) is 0.0870. The Morgan fingerprint density at radius 1 is 0.875 bits per heavy atom. The fourth-order valence-corrected chi connectivity index (χ4v) is 2.11. The van der Waals surface area contributed by atoms with E-state index in [1.54, 1.807) is 54.6 Å². The van der Waals surface area contributed by atoms with Crippen molar-refractivity contribution in [3.05, 3.63) is 95.6 Å². The van der Waals surface area contributed by atoms with Crippen LogP contribution in [-0.2, 0) is 21.8 Å². The Labute approximate surface area is 196 Å². The zero-order valence-electron chi connectivity index (χ0n) is 17.3. The van der Waals surface area contributed by atoms with Crippen LogP contribution in [-0.4, -0.2) is 37.4 Å². The Balaban J connectivity index is 0.000000593. The molecule has 9 heteroatoms. The molecule has 0 saturated heterocycles. The molecule has 0 bridgehead atoms. The van der Waals surface area contributed by atoms with Crippen LogP contribution >= 0.6 is 0 Å². The third-order valence-electron chi connectivity index (χ3n) is 3.58. The summed E-state index contributed by atoms with van der Waals surface area (Å²) in [5.74, 6) is -1.48. The van der Waals surface area contributed by atoms with Crippen molar-refractivity contribution < 1.29 is 47.0 Å². The van der Waals surface area contributed by atoms with E-state index in [1.807, 2.05) is 6.07 Å².